The number of hydrogen-bond donors (Lipinski definition) is 11. The van der Waals surface area contributed by atoms with Gasteiger partial charge in [-0.05, 0) is 77.0 Å². The summed E-state index contributed by atoms with van der Waals surface area (Å²) in [7, 11) is -5.71. The van der Waals surface area contributed by atoms with E-state index < -0.39 is 156 Å². The van der Waals surface area contributed by atoms with Crippen molar-refractivity contribution in [3.05, 3.63) is 48.6 Å². The van der Waals surface area contributed by atoms with Gasteiger partial charge in [-0.1, -0.05) is 211 Å². The number of rotatable bonds is 56. The number of carbonyl (C=O) groups excluding carboxylic acids is 3. The number of ether oxygens (including phenoxy) is 7. The summed E-state index contributed by atoms with van der Waals surface area (Å²) in [5, 5.41) is 110. The van der Waals surface area contributed by atoms with Crippen molar-refractivity contribution in [2.24, 2.45) is 0 Å². The summed E-state index contributed by atoms with van der Waals surface area (Å²) in [4.78, 5) is 50.8. The lowest BCUT2D eigenvalue weighted by Crippen LogP contribution is -2.69. The lowest BCUT2D eigenvalue weighted by molar-refractivity contribution is -0.360. The van der Waals surface area contributed by atoms with Crippen molar-refractivity contribution in [1.29, 1.82) is 0 Å². The minimum absolute atomic E-state index is 0.0174. The molecule has 18 unspecified atom stereocenters. The molecule has 18 atom stereocenters. The third kappa shape index (κ3) is 37.1. The molecule has 25 heteroatoms. The van der Waals surface area contributed by atoms with Crippen LogP contribution in [0.3, 0.4) is 0 Å². The van der Waals surface area contributed by atoms with Gasteiger partial charge >= 0.3 is 25.7 Å². The topological polar surface area (TPSA) is 374 Å². The Labute approximate surface area is 578 Å². The number of carbonyl (C=O) groups is 3. The summed E-state index contributed by atoms with van der Waals surface area (Å²) in [5.41, 5.74) is 0. The highest BCUT2D eigenvalue weighted by Crippen LogP contribution is 2.49. The number of hydrogen-bond acceptors (Lipinski definition) is 23. The Hall–Kier alpha value is -3.08. The second-order valence-corrected chi connectivity index (χ2v) is 27.8. The molecule has 2 aliphatic heterocycles. The summed E-state index contributed by atoms with van der Waals surface area (Å²) in [6.45, 7) is 3.29. The van der Waals surface area contributed by atoms with E-state index in [0.29, 0.717) is 19.3 Å². The molecule has 0 amide bonds. The minimum atomic E-state index is -5.71. The Balaban J connectivity index is 1.77. The summed E-state index contributed by atoms with van der Waals surface area (Å²) in [5.74, 6) is -2.27. The average molecular weight is 1410 g/mol. The molecule has 564 valence electrons. The Morgan fingerprint density at radius 1 is 0.423 bits per heavy atom. The van der Waals surface area contributed by atoms with Crippen LogP contribution in [0.4, 0.5) is 0 Å². The van der Waals surface area contributed by atoms with E-state index in [4.69, 9.17) is 42.2 Å². The maximum Gasteiger partial charge on any atom is 0.472 e. The molecule has 0 spiro atoms. The highest BCUT2D eigenvalue weighted by atomic mass is 31.2. The van der Waals surface area contributed by atoms with Crippen LogP contribution in [0.5, 0.6) is 0 Å². The van der Waals surface area contributed by atoms with Gasteiger partial charge in [0.1, 0.15) is 98.7 Å². The van der Waals surface area contributed by atoms with Gasteiger partial charge in [0, 0.05) is 18.9 Å². The van der Waals surface area contributed by atoms with E-state index in [1.165, 1.54) is 128 Å². The molecule has 2 heterocycles. The van der Waals surface area contributed by atoms with Crippen molar-refractivity contribution in [2.45, 2.75) is 362 Å². The fourth-order valence-electron chi connectivity index (χ4n) is 11.8. The lowest BCUT2D eigenvalue weighted by Gasteiger charge is -2.49. The van der Waals surface area contributed by atoms with E-state index in [1.807, 2.05) is 6.08 Å². The van der Waals surface area contributed by atoms with Crippen LogP contribution in [0.25, 0.3) is 0 Å². The number of unbranched alkanes of at least 4 members (excludes halogenated alkanes) is 30. The largest absolute Gasteiger partial charge is 0.472 e. The van der Waals surface area contributed by atoms with E-state index in [9.17, 15) is 74.9 Å². The van der Waals surface area contributed by atoms with Crippen LogP contribution in [0, 0.1) is 0 Å². The average Bonchev–Trinajstić information content (AvgIpc) is 0.763. The molecule has 3 fully saturated rings. The molecule has 97 heavy (non-hydrogen) atoms. The zero-order valence-corrected chi connectivity index (χ0v) is 59.5. The van der Waals surface area contributed by atoms with Gasteiger partial charge in [0.05, 0.1) is 13.2 Å². The van der Waals surface area contributed by atoms with Crippen LogP contribution in [-0.2, 0) is 61.2 Å². The molecule has 0 aromatic rings. The second kappa shape index (κ2) is 53.7. The fraction of sp³-hybridized carbons (Fsp3) is 0.847. The maximum atomic E-state index is 14.3. The summed E-state index contributed by atoms with van der Waals surface area (Å²) >= 11 is 0. The Kier molecular flexibility index (Phi) is 48.8. The van der Waals surface area contributed by atoms with E-state index in [0.717, 1.165) is 89.5 Å². The third-order valence-electron chi connectivity index (χ3n) is 17.9. The number of esters is 3. The Bertz CT molecular complexity index is 2200. The molecule has 3 rings (SSSR count). The van der Waals surface area contributed by atoms with E-state index >= 15 is 0 Å². The first-order chi connectivity index (χ1) is 46.8. The van der Waals surface area contributed by atoms with Gasteiger partial charge in [0.2, 0.25) is 0 Å². The van der Waals surface area contributed by atoms with Gasteiger partial charge in [0.25, 0.3) is 0 Å². The molecule has 0 aromatic heterocycles. The highest BCUT2D eigenvalue weighted by Gasteiger charge is 2.58. The molecule has 0 radical (unpaired) electrons. The van der Waals surface area contributed by atoms with Crippen molar-refractivity contribution < 1.29 is 117 Å². The minimum Gasteiger partial charge on any atom is -0.462 e. The molecule has 1 aliphatic carbocycles. The first-order valence-electron chi connectivity index (χ1n) is 37.0. The fourth-order valence-corrected chi connectivity index (χ4v) is 12.8. The van der Waals surface area contributed by atoms with Gasteiger partial charge < -0.3 is 89.1 Å². The molecular formula is C72H127O24P. The lowest BCUT2D eigenvalue weighted by atomic mass is 9.84. The van der Waals surface area contributed by atoms with Crippen molar-refractivity contribution in [3.63, 3.8) is 0 Å². The van der Waals surface area contributed by atoms with Crippen molar-refractivity contribution in [1.82, 2.24) is 0 Å². The molecule has 24 nitrogen and oxygen atoms in total. The number of phosphoric acid groups is 1. The molecular weight excluding hydrogens is 1280 g/mol. The Morgan fingerprint density at radius 2 is 0.804 bits per heavy atom. The predicted octanol–water partition coefficient (Wildman–Crippen LogP) is 9.68. The van der Waals surface area contributed by atoms with E-state index in [2.05, 4.69) is 45.1 Å². The predicted molar refractivity (Wildman–Crippen MR) is 365 cm³/mol. The molecule has 0 aromatic carbocycles. The summed E-state index contributed by atoms with van der Waals surface area (Å²) < 4.78 is 64.7. The first kappa shape index (κ1) is 88.1. The molecule has 1 saturated carbocycles. The second-order valence-electron chi connectivity index (χ2n) is 26.4. The van der Waals surface area contributed by atoms with Crippen LogP contribution in [-0.4, -0.2) is 204 Å². The van der Waals surface area contributed by atoms with Crippen LogP contribution in [0.2, 0.25) is 0 Å². The van der Waals surface area contributed by atoms with Gasteiger partial charge in [-0.3, -0.25) is 18.6 Å². The summed E-state index contributed by atoms with van der Waals surface area (Å²) in [6, 6.07) is 0. The van der Waals surface area contributed by atoms with Crippen molar-refractivity contribution in [2.75, 3.05) is 26.4 Å². The smallest absolute Gasteiger partial charge is 0.462 e. The molecule has 3 aliphatic rings. The van der Waals surface area contributed by atoms with Gasteiger partial charge in [0.15, 0.2) is 18.7 Å². The zero-order chi connectivity index (χ0) is 71.1. The van der Waals surface area contributed by atoms with Crippen LogP contribution < -0.4 is 0 Å². The SMILES string of the molecule is CCCCCCCC/C=C\CCCCCC(=O)OCC(COP(=O)(O)OC1C(OC2OC(CO)C(O)C(O)C2O)C(O)C(O)C(O)C1OC1OC(COC(=O)/C=C/C=C/CCCCCCCCCCCCC)C(O)C(O)C1O)OC(=O)CCCCC/C=C\CCCCCCCCC. The van der Waals surface area contributed by atoms with E-state index in [1.54, 1.807) is 6.08 Å². The number of phosphoric ester groups is 1. The van der Waals surface area contributed by atoms with Crippen LogP contribution in [0.15, 0.2) is 48.6 Å². The van der Waals surface area contributed by atoms with Crippen LogP contribution >= 0.6 is 7.82 Å². The van der Waals surface area contributed by atoms with E-state index in [-0.39, 0.29) is 12.8 Å². The van der Waals surface area contributed by atoms with Gasteiger partial charge in [-0.15, -0.1) is 0 Å². The Morgan fingerprint density at radius 3 is 1.25 bits per heavy atom. The number of aliphatic hydroxyl groups is 10. The normalized spacial score (nSPS) is 28.1. The van der Waals surface area contributed by atoms with Crippen molar-refractivity contribution in [3.8, 4) is 0 Å². The molecule has 11 N–H and O–H groups in total. The number of aliphatic hydroxyl groups excluding tert-OH is 10. The molecule has 0 bridgehead atoms. The molecule has 2 saturated heterocycles. The highest BCUT2D eigenvalue weighted by molar-refractivity contribution is 7.47. The number of allylic oxidation sites excluding steroid dienone is 7. The monoisotopic (exact) mass is 1410 g/mol. The van der Waals surface area contributed by atoms with Gasteiger partial charge in [-0.25, -0.2) is 9.36 Å². The maximum absolute atomic E-state index is 14.3. The van der Waals surface area contributed by atoms with Crippen molar-refractivity contribution >= 4 is 25.7 Å². The standard InChI is InChI=1S/C72H127O24P/c1-4-7-10-13-16-19-22-25-27-30-32-35-38-41-44-47-57(75)89-52-55-60(78)62(80)67(85)72(93-55)95-69-65(83)63(81)64(82)68(94-71-66(84)61(79)59(77)54(49-73)92-71)70(69)96-97(86,87)90-51-53(50-88-56(74)46-43-40-37-34-31-28-24-21-18-15-12-9-6-3)91-58(76)48-45-42-39-36-33-29-26-23-20-17-14-11-8-5-2/h28-29,31,33,38,41,44,47,53-55,59-73,77-85H,4-27,30,32,34-37,39-40,42-43,45-46,48-52H2,1-3H3,(H,86,87)/b31-28-,33-29-,41-38+,47-44+. The third-order valence-corrected chi connectivity index (χ3v) is 18.9. The summed E-state index contributed by atoms with van der Waals surface area (Å²) in [6.07, 6.45) is 16.8. The quantitative estimate of drug-likeness (QED) is 0.00513. The van der Waals surface area contributed by atoms with Crippen LogP contribution in [0.1, 0.15) is 258 Å². The zero-order valence-electron chi connectivity index (χ0n) is 58.6. The van der Waals surface area contributed by atoms with Gasteiger partial charge in [-0.2, -0.15) is 0 Å². The first-order valence-corrected chi connectivity index (χ1v) is 38.5.